The van der Waals surface area contributed by atoms with Crippen molar-refractivity contribution in [2.75, 3.05) is 13.7 Å². The molecule has 14 heteroatoms. The van der Waals surface area contributed by atoms with Gasteiger partial charge in [0.1, 0.15) is 11.4 Å². The number of halogens is 6. The fraction of sp³-hybridized carbons (Fsp3) is 0.344. The van der Waals surface area contributed by atoms with Gasteiger partial charge in [-0.05, 0) is 67.8 Å². The molecule has 1 saturated heterocycles. The summed E-state index contributed by atoms with van der Waals surface area (Å²) >= 11 is 0. The molecule has 1 atom stereocenters. The molecule has 0 saturated carbocycles. The van der Waals surface area contributed by atoms with Crippen molar-refractivity contribution >= 4 is 18.0 Å². The highest BCUT2D eigenvalue weighted by molar-refractivity contribution is 6.13. The van der Waals surface area contributed by atoms with E-state index in [-0.39, 0.29) is 18.2 Å². The van der Waals surface area contributed by atoms with Crippen LogP contribution >= 0.6 is 0 Å². The minimum absolute atomic E-state index is 0.0184. The van der Waals surface area contributed by atoms with E-state index in [1.165, 1.54) is 52.1 Å². The van der Waals surface area contributed by atoms with Crippen LogP contribution in [0.15, 0.2) is 72.8 Å². The van der Waals surface area contributed by atoms with E-state index >= 15 is 0 Å². The van der Waals surface area contributed by atoms with Crippen LogP contribution in [0.3, 0.4) is 0 Å². The number of alkyl halides is 6. The highest BCUT2D eigenvalue weighted by Gasteiger charge is 2.62. The monoisotopic (exact) mass is 652 g/mol. The summed E-state index contributed by atoms with van der Waals surface area (Å²) in [7, 11) is 1.46. The van der Waals surface area contributed by atoms with Crippen LogP contribution in [0.4, 0.5) is 35.9 Å². The molecule has 1 aliphatic heterocycles. The van der Waals surface area contributed by atoms with Crippen LogP contribution in [-0.2, 0) is 45.3 Å². The molecule has 1 heterocycles. The third kappa shape index (κ3) is 7.27. The average molecular weight is 653 g/mol. The summed E-state index contributed by atoms with van der Waals surface area (Å²) in [6.45, 7) is 2.66. The Hall–Kier alpha value is -4.59. The van der Waals surface area contributed by atoms with Gasteiger partial charge in [0.05, 0.1) is 38.0 Å². The zero-order valence-electron chi connectivity index (χ0n) is 25.2. The molecule has 3 aromatic rings. The molecule has 8 nitrogen and oxygen atoms in total. The maximum absolute atomic E-state index is 14.3. The van der Waals surface area contributed by atoms with Gasteiger partial charge in [0.2, 0.25) is 0 Å². The van der Waals surface area contributed by atoms with Crippen molar-refractivity contribution in [3.05, 3.63) is 101 Å². The summed E-state index contributed by atoms with van der Waals surface area (Å²) in [5.41, 5.74) is -6.38. The van der Waals surface area contributed by atoms with Gasteiger partial charge in [0.25, 0.3) is 5.91 Å². The van der Waals surface area contributed by atoms with Crippen LogP contribution in [0.2, 0.25) is 0 Å². The Labute approximate surface area is 260 Å². The lowest BCUT2D eigenvalue weighted by molar-refractivity contribution is -0.143. The molecule has 0 spiro atoms. The van der Waals surface area contributed by atoms with Crippen LogP contribution in [0.25, 0.3) is 0 Å². The van der Waals surface area contributed by atoms with Crippen molar-refractivity contribution in [1.82, 2.24) is 9.80 Å². The van der Waals surface area contributed by atoms with Crippen molar-refractivity contribution < 1.29 is 54.9 Å². The minimum Gasteiger partial charge on any atom is -0.497 e. The molecule has 0 N–H and O–H groups in total. The summed E-state index contributed by atoms with van der Waals surface area (Å²) in [5.74, 6) is -0.418. The van der Waals surface area contributed by atoms with Crippen molar-refractivity contribution in [2.24, 2.45) is 0 Å². The molecule has 4 rings (SSSR count). The Morgan fingerprint density at radius 2 is 1.37 bits per heavy atom. The second-order valence-electron chi connectivity index (χ2n) is 11.5. The summed E-state index contributed by atoms with van der Waals surface area (Å²) in [4.78, 5) is 43.2. The van der Waals surface area contributed by atoms with E-state index < -0.39 is 71.4 Å². The van der Waals surface area contributed by atoms with E-state index in [2.05, 4.69) is 0 Å². The standard InChI is InChI=1S/C32H30F6N2O6/c1-29(2,3)46-28(43)40-27(42)39(17-20-10-12-25(44-4)13-11-20)26(41)30(40,22-8-6-5-7-9-22)19-45-18-21-14-23(31(33,34)35)16-24(15-21)32(36,37)38/h5-16H,17-19H2,1-4H3. The molecule has 46 heavy (non-hydrogen) atoms. The third-order valence-electron chi connectivity index (χ3n) is 6.96. The fourth-order valence-electron chi connectivity index (χ4n) is 4.88. The van der Waals surface area contributed by atoms with Gasteiger partial charge in [-0.3, -0.25) is 9.69 Å². The van der Waals surface area contributed by atoms with Crippen LogP contribution in [-0.4, -0.2) is 47.1 Å². The Morgan fingerprint density at radius 1 is 0.804 bits per heavy atom. The topological polar surface area (TPSA) is 85.4 Å². The van der Waals surface area contributed by atoms with Crippen molar-refractivity contribution in [3.8, 4) is 5.75 Å². The number of imide groups is 2. The number of ether oxygens (including phenoxy) is 3. The normalized spacial score (nSPS) is 17.4. The van der Waals surface area contributed by atoms with E-state index in [0.717, 1.165) is 4.90 Å². The molecule has 246 valence electrons. The first-order chi connectivity index (χ1) is 21.4. The lowest BCUT2D eigenvalue weighted by Gasteiger charge is -2.35. The van der Waals surface area contributed by atoms with Gasteiger partial charge < -0.3 is 14.2 Å². The van der Waals surface area contributed by atoms with Gasteiger partial charge in [0.15, 0.2) is 5.54 Å². The SMILES string of the molecule is COc1ccc(CN2C(=O)N(C(=O)OC(C)(C)C)C(COCc3cc(C(F)(F)F)cc(C(F)(F)F)c3)(c3ccccc3)C2=O)cc1. The molecule has 1 unspecified atom stereocenters. The van der Waals surface area contributed by atoms with Crippen LogP contribution < -0.4 is 4.74 Å². The first-order valence-electron chi connectivity index (χ1n) is 13.8. The Morgan fingerprint density at radius 3 is 1.87 bits per heavy atom. The highest BCUT2D eigenvalue weighted by Crippen LogP contribution is 2.41. The number of methoxy groups -OCH3 is 1. The van der Waals surface area contributed by atoms with Gasteiger partial charge in [-0.15, -0.1) is 0 Å². The van der Waals surface area contributed by atoms with Gasteiger partial charge in [0, 0.05) is 0 Å². The van der Waals surface area contributed by atoms with E-state index in [1.807, 2.05) is 0 Å². The Kier molecular flexibility index (Phi) is 9.44. The van der Waals surface area contributed by atoms with E-state index in [9.17, 15) is 40.7 Å². The Bertz CT molecular complexity index is 1550. The second kappa shape index (κ2) is 12.7. The zero-order valence-corrected chi connectivity index (χ0v) is 25.2. The van der Waals surface area contributed by atoms with Crippen LogP contribution in [0.1, 0.15) is 48.6 Å². The van der Waals surface area contributed by atoms with Crippen molar-refractivity contribution in [1.29, 1.82) is 0 Å². The zero-order chi connectivity index (χ0) is 34.1. The lowest BCUT2D eigenvalue weighted by atomic mass is 9.89. The summed E-state index contributed by atoms with van der Waals surface area (Å²) in [6, 6.07) is 13.8. The molecule has 0 radical (unpaired) electrons. The highest BCUT2D eigenvalue weighted by atomic mass is 19.4. The first-order valence-corrected chi connectivity index (χ1v) is 13.8. The smallest absolute Gasteiger partial charge is 0.419 e. The number of carbonyl (C=O) groups is 3. The molecule has 0 aromatic heterocycles. The molecular weight excluding hydrogens is 622 g/mol. The van der Waals surface area contributed by atoms with Gasteiger partial charge in [-0.25, -0.2) is 14.5 Å². The predicted octanol–water partition coefficient (Wildman–Crippen LogP) is 7.54. The number of urea groups is 1. The van der Waals surface area contributed by atoms with Gasteiger partial charge in [-0.1, -0.05) is 42.5 Å². The number of rotatable bonds is 8. The van der Waals surface area contributed by atoms with Gasteiger partial charge in [-0.2, -0.15) is 26.3 Å². The van der Waals surface area contributed by atoms with Crippen LogP contribution in [0.5, 0.6) is 5.75 Å². The quantitative estimate of drug-likeness (QED) is 0.185. The number of amides is 4. The van der Waals surface area contributed by atoms with E-state index in [4.69, 9.17) is 14.2 Å². The lowest BCUT2D eigenvalue weighted by Crippen LogP contribution is -2.54. The maximum Gasteiger partial charge on any atom is 0.419 e. The van der Waals surface area contributed by atoms with E-state index in [0.29, 0.717) is 28.3 Å². The number of carbonyl (C=O) groups excluding carboxylic acids is 3. The molecular formula is C32H30F6N2O6. The van der Waals surface area contributed by atoms with Crippen molar-refractivity contribution in [2.45, 2.75) is 57.4 Å². The second-order valence-corrected chi connectivity index (χ2v) is 11.5. The average Bonchev–Trinajstić information content (AvgIpc) is 3.18. The Balaban J connectivity index is 1.78. The molecule has 4 amide bonds. The molecule has 0 aliphatic carbocycles. The summed E-state index contributed by atoms with van der Waals surface area (Å²) in [6.07, 6.45) is -11.4. The minimum atomic E-state index is -5.09. The van der Waals surface area contributed by atoms with E-state index in [1.54, 1.807) is 30.3 Å². The molecule has 0 bridgehead atoms. The van der Waals surface area contributed by atoms with Crippen molar-refractivity contribution in [3.63, 3.8) is 0 Å². The molecule has 3 aromatic carbocycles. The first kappa shape index (κ1) is 34.3. The third-order valence-corrected chi connectivity index (χ3v) is 6.96. The number of benzene rings is 3. The molecule has 1 fully saturated rings. The summed E-state index contributed by atoms with van der Waals surface area (Å²) in [5, 5.41) is 0. The van der Waals surface area contributed by atoms with Gasteiger partial charge >= 0.3 is 24.5 Å². The predicted molar refractivity (Wildman–Crippen MR) is 151 cm³/mol. The molecule has 1 aliphatic rings. The van der Waals surface area contributed by atoms with Crippen LogP contribution in [0, 0.1) is 0 Å². The summed E-state index contributed by atoms with van der Waals surface area (Å²) < 4.78 is 97.0. The number of hydrogen-bond acceptors (Lipinski definition) is 6. The largest absolute Gasteiger partial charge is 0.497 e. The number of nitrogens with zero attached hydrogens (tertiary/aromatic N) is 2. The fourth-order valence-corrected chi connectivity index (χ4v) is 4.88. The number of hydrogen-bond donors (Lipinski definition) is 0. The maximum atomic E-state index is 14.3.